The van der Waals surface area contributed by atoms with Gasteiger partial charge in [-0.2, -0.15) is 8.78 Å². The van der Waals surface area contributed by atoms with Gasteiger partial charge in [0, 0.05) is 67.4 Å². The molecule has 2 fully saturated rings. The first kappa shape index (κ1) is 42.0. The van der Waals surface area contributed by atoms with E-state index in [0.29, 0.717) is 63.8 Å². The molecule has 3 aromatic rings. The molecular formula is C39H43Cl2F2N5O9. The Balaban J connectivity index is 0.893. The van der Waals surface area contributed by atoms with E-state index >= 15 is 0 Å². The van der Waals surface area contributed by atoms with Crippen molar-refractivity contribution in [3.63, 3.8) is 0 Å². The maximum Gasteiger partial charge on any atom is 0.387 e. The van der Waals surface area contributed by atoms with Gasteiger partial charge in [-0.1, -0.05) is 29.3 Å². The number of ether oxygens (including phenoxy) is 5. The molecule has 0 radical (unpaired) electrons. The van der Waals surface area contributed by atoms with E-state index in [2.05, 4.69) is 20.4 Å². The number of piperidine rings is 1. The highest BCUT2D eigenvalue weighted by Crippen LogP contribution is 2.37. The van der Waals surface area contributed by atoms with Crippen LogP contribution in [0.15, 0.2) is 48.8 Å². The third-order valence-corrected chi connectivity index (χ3v) is 10.0. The lowest BCUT2D eigenvalue weighted by Gasteiger charge is -2.29. The number of anilines is 2. The predicted molar refractivity (Wildman–Crippen MR) is 205 cm³/mol. The number of imide groups is 1. The molecular weight excluding hydrogens is 791 g/mol. The number of alkyl halides is 2. The number of hydrogen-bond donors (Lipinski definition) is 2. The molecule has 1 saturated heterocycles. The number of carbonyl (C=O) groups is 4. The Kier molecular flexibility index (Phi) is 14.9. The molecule has 0 bridgehead atoms. The van der Waals surface area contributed by atoms with E-state index in [4.69, 9.17) is 42.1 Å². The molecule has 57 heavy (non-hydrogen) atoms. The van der Waals surface area contributed by atoms with Crippen LogP contribution in [0, 0.1) is 5.92 Å². The van der Waals surface area contributed by atoms with Crippen LogP contribution in [0.1, 0.15) is 58.4 Å². The Morgan fingerprint density at radius 1 is 0.947 bits per heavy atom. The van der Waals surface area contributed by atoms with Gasteiger partial charge in [-0.15, -0.1) is 0 Å². The summed E-state index contributed by atoms with van der Waals surface area (Å²) in [5.41, 5.74) is 2.55. The van der Waals surface area contributed by atoms with Crippen molar-refractivity contribution in [1.29, 1.82) is 0 Å². The molecule has 1 atom stereocenters. The van der Waals surface area contributed by atoms with Gasteiger partial charge in [0.25, 0.3) is 11.8 Å². The molecule has 2 aliphatic heterocycles. The minimum Gasteiger partial charge on any atom is -0.489 e. The van der Waals surface area contributed by atoms with Gasteiger partial charge in [-0.25, -0.2) is 0 Å². The number of aromatic nitrogens is 1. The zero-order valence-corrected chi connectivity index (χ0v) is 32.5. The average Bonchev–Trinajstić information content (AvgIpc) is 3.96. The molecule has 2 aromatic carbocycles. The number of halogens is 4. The first-order chi connectivity index (χ1) is 27.6. The van der Waals surface area contributed by atoms with Crippen molar-refractivity contribution < 1.29 is 51.6 Å². The average molecular weight is 835 g/mol. The molecule has 1 saturated carbocycles. The maximum atomic E-state index is 13.8. The van der Waals surface area contributed by atoms with Crippen molar-refractivity contribution in [2.75, 3.05) is 69.6 Å². The number of pyridine rings is 1. The molecule has 2 N–H and O–H groups in total. The number of fused-ring (bicyclic) bond motifs is 1. The Bertz CT molecular complexity index is 1900. The van der Waals surface area contributed by atoms with Crippen molar-refractivity contribution in [2.24, 2.45) is 5.92 Å². The van der Waals surface area contributed by atoms with Gasteiger partial charge in [0.1, 0.15) is 6.04 Å². The fraction of sp³-hybridized carbons (Fsp3) is 0.462. The number of carbonyl (C=O) groups excluding carboxylic acids is 4. The van der Waals surface area contributed by atoms with Crippen LogP contribution in [0.25, 0.3) is 0 Å². The van der Waals surface area contributed by atoms with Gasteiger partial charge in [-0.3, -0.25) is 29.5 Å². The number of nitrogens with one attached hydrogen (secondary N) is 2. The van der Waals surface area contributed by atoms with Crippen LogP contribution in [-0.2, 0) is 30.3 Å². The van der Waals surface area contributed by atoms with Gasteiger partial charge >= 0.3 is 6.61 Å². The summed E-state index contributed by atoms with van der Waals surface area (Å²) in [5, 5.41) is 5.95. The highest BCUT2D eigenvalue weighted by Gasteiger charge is 2.40. The topological polar surface area (TPSA) is 158 Å². The molecule has 0 spiro atoms. The molecule has 1 aliphatic carbocycles. The van der Waals surface area contributed by atoms with Crippen LogP contribution in [0.2, 0.25) is 10.0 Å². The van der Waals surface area contributed by atoms with E-state index in [0.717, 1.165) is 24.1 Å². The standard InChI is InChI=1S/C39H43Cl2F2N5O9/c40-28-20-44-21-29(41)35(28)47(37(51)25-7-9-32(57-39(42)43)33(19-25)56-23-24-5-6-24)12-14-54-16-18-55-17-15-53-13-2-11-45-30-4-1-3-26-27(30)22-48(38(26)52)31-8-10-34(49)46-36(31)50/h1,3-4,7,9,19-21,24,31,39,45H,2,5-6,8,10-18,22-23H2,(H,46,49,50). The third kappa shape index (κ3) is 11.3. The van der Waals surface area contributed by atoms with Crippen molar-refractivity contribution in [1.82, 2.24) is 15.2 Å². The number of benzene rings is 2. The first-order valence-electron chi connectivity index (χ1n) is 18.7. The maximum absolute atomic E-state index is 13.8. The number of rotatable bonds is 22. The fourth-order valence-electron chi connectivity index (χ4n) is 6.42. The lowest BCUT2D eigenvalue weighted by molar-refractivity contribution is -0.136. The summed E-state index contributed by atoms with van der Waals surface area (Å²) in [4.78, 5) is 57.7. The van der Waals surface area contributed by atoms with Gasteiger partial charge in [0.2, 0.25) is 11.8 Å². The summed E-state index contributed by atoms with van der Waals surface area (Å²) in [6.45, 7) is -0.0269. The van der Waals surface area contributed by atoms with E-state index in [1.807, 2.05) is 6.07 Å². The molecule has 3 aliphatic rings. The van der Waals surface area contributed by atoms with Crippen LogP contribution in [0.3, 0.4) is 0 Å². The van der Waals surface area contributed by atoms with Crippen LogP contribution in [0.4, 0.5) is 20.2 Å². The van der Waals surface area contributed by atoms with Crippen molar-refractivity contribution in [3.8, 4) is 11.5 Å². The second-order valence-electron chi connectivity index (χ2n) is 13.6. The normalized spacial score (nSPS) is 16.5. The molecule has 306 valence electrons. The fourth-order valence-corrected chi connectivity index (χ4v) is 6.99. The Morgan fingerprint density at radius 2 is 1.67 bits per heavy atom. The molecule has 4 amide bonds. The Hall–Kier alpha value is -4.61. The van der Waals surface area contributed by atoms with Crippen LogP contribution in [-0.4, -0.2) is 106 Å². The Morgan fingerprint density at radius 3 is 2.37 bits per heavy atom. The zero-order valence-electron chi connectivity index (χ0n) is 31.0. The second-order valence-corrected chi connectivity index (χ2v) is 14.4. The molecule has 14 nitrogen and oxygen atoms in total. The molecule has 18 heteroatoms. The van der Waals surface area contributed by atoms with E-state index in [9.17, 15) is 28.0 Å². The summed E-state index contributed by atoms with van der Waals surface area (Å²) >= 11 is 12.8. The van der Waals surface area contributed by atoms with Crippen LogP contribution >= 0.6 is 23.2 Å². The van der Waals surface area contributed by atoms with E-state index in [-0.39, 0.29) is 77.4 Å². The Labute approximate surface area is 338 Å². The third-order valence-electron chi connectivity index (χ3n) is 9.49. The predicted octanol–water partition coefficient (Wildman–Crippen LogP) is 5.74. The number of amides is 4. The lowest BCUT2D eigenvalue weighted by Crippen LogP contribution is -2.52. The highest BCUT2D eigenvalue weighted by molar-refractivity contribution is 6.40. The first-order valence-corrected chi connectivity index (χ1v) is 19.4. The van der Waals surface area contributed by atoms with Crippen LogP contribution < -0.4 is 25.0 Å². The zero-order chi connectivity index (χ0) is 40.3. The van der Waals surface area contributed by atoms with Gasteiger partial charge < -0.3 is 38.8 Å². The quantitative estimate of drug-likeness (QED) is 0.0940. The molecule has 1 unspecified atom stereocenters. The van der Waals surface area contributed by atoms with Crippen LogP contribution in [0.5, 0.6) is 11.5 Å². The van der Waals surface area contributed by atoms with Gasteiger partial charge in [-0.05, 0) is 61.9 Å². The van der Waals surface area contributed by atoms with E-state index < -0.39 is 24.5 Å². The molecule has 6 rings (SSSR count). The summed E-state index contributed by atoms with van der Waals surface area (Å²) in [5.74, 6) is -1.31. The summed E-state index contributed by atoms with van der Waals surface area (Å²) in [6, 6.07) is 8.77. The van der Waals surface area contributed by atoms with Crippen molar-refractivity contribution in [2.45, 2.75) is 51.3 Å². The minimum atomic E-state index is -3.07. The van der Waals surface area contributed by atoms with E-state index in [1.54, 1.807) is 12.1 Å². The smallest absolute Gasteiger partial charge is 0.387 e. The summed E-state index contributed by atoms with van der Waals surface area (Å²) < 4.78 is 53.6. The lowest BCUT2D eigenvalue weighted by atomic mass is 10.0. The van der Waals surface area contributed by atoms with Gasteiger partial charge in [0.15, 0.2) is 11.5 Å². The molecule has 3 heterocycles. The minimum absolute atomic E-state index is 0.0318. The van der Waals surface area contributed by atoms with Gasteiger partial charge in [0.05, 0.1) is 55.4 Å². The molecule has 1 aromatic heterocycles. The second kappa shape index (κ2) is 20.2. The van der Waals surface area contributed by atoms with Crippen molar-refractivity contribution in [3.05, 3.63) is 75.5 Å². The highest BCUT2D eigenvalue weighted by atomic mass is 35.5. The SMILES string of the molecule is O=C1CCC(N2Cc3c(NCCCOCCOCCOCCN(C(=O)c4ccc(OC(F)F)c(OCC5CC5)c4)c4c(Cl)cncc4Cl)cccc3C2=O)C(=O)N1. The number of hydrogen-bond acceptors (Lipinski definition) is 11. The number of nitrogens with zero attached hydrogens (tertiary/aromatic N) is 3. The summed E-state index contributed by atoms with van der Waals surface area (Å²) in [6.07, 6.45) is 5.89. The van der Waals surface area contributed by atoms with Crippen molar-refractivity contribution >= 4 is 58.2 Å². The largest absolute Gasteiger partial charge is 0.489 e. The summed E-state index contributed by atoms with van der Waals surface area (Å²) in [7, 11) is 0. The van der Waals surface area contributed by atoms with E-state index in [1.165, 1.54) is 40.4 Å². The monoisotopic (exact) mass is 833 g/mol.